The lowest BCUT2D eigenvalue weighted by Gasteiger charge is -2.11. The zero-order chi connectivity index (χ0) is 18.9. The van der Waals surface area contributed by atoms with Crippen molar-refractivity contribution in [3.05, 3.63) is 57.8 Å². The minimum Gasteiger partial charge on any atom is -0.484 e. The molecule has 0 aliphatic carbocycles. The molecule has 0 aliphatic rings. The minimum atomic E-state index is -0.655. The zero-order valence-electron chi connectivity index (χ0n) is 14.7. The number of ether oxygens (including phenoxy) is 1. The second kappa shape index (κ2) is 9.36. The molecule has 0 bridgehead atoms. The molecular formula is C18H21N3O5. The van der Waals surface area contributed by atoms with E-state index in [1.807, 2.05) is 24.3 Å². The summed E-state index contributed by atoms with van der Waals surface area (Å²) in [6, 6.07) is 10.2. The van der Waals surface area contributed by atoms with E-state index in [0.717, 1.165) is 12.8 Å². The van der Waals surface area contributed by atoms with Crippen LogP contribution in [0.25, 0.3) is 0 Å². The first-order chi connectivity index (χ1) is 12.5. The number of amides is 1. The Bertz CT molecular complexity index is 767. The van der Waals surface area contributed by atoms with E-state index >= 15 is 0 Å². The molecule has 0 saturated heterocycles. The smallest absolute Gasteiger partial charge is 0.433 e. The van der Waals surface area contributed by atoms with Crippen molar-refractivity contribution in [2.24, 2.45) is 5.10 Å². The van der Waals surface area contributed by atoms with Crippen molar-refractivity contribution in [1.82, 2.24) is 5.43 Å². The number of carbonyl (C=O) groups excluding carboxylic acids is 1. The summed E-state index contributed by atoms with van der Waals surface area (Å²) in [4.78, 5) is 21.5. The van der Waals surface area contributed by atoms with Crippen molar-refractivity contribution in [1.29, 1.82) is 0 Å². The first-order valence-electron chi connectivity index (χ1n) is 8.28. The Labute approximate surface area is 151 Å². The number of carbonyl (C=O) groups is 1. The largest absolute Gasteiger partial charge is 0.484 e. The molecule has 0 saturated carbocycles. The normalized spacial score (nSPS) is 12.1. The maximum absolute atomic E-state index is 11.7. The van der Waals surface area contributed by atoms with Gasteiger partial charge in [0.05, 0.1) is 12.3 Å². The summed E-state index contributed by atoms with van der Waals surface area (Å²) in [7, 11) is 0. The predicted molar refractivity (Wildman–Crippen MR) is 96.4 cm³/mol. The molecule has 1 heterocycles. The molecule has 26 heavy (non-hydrogen) atoms. The van der Waals surface area contributed by atoms with Crippen molar-refractivity contribution < 1.29 is 18.9 Å². The van der Waals surface area contributed by atoms with Gasteiger partial charge >= 0.3 is 5.88 Å². The number of rotatable bonds is 9. The van der Waals surface area contributed by atoms with Crippen molar-refractivity contribution in [3.8, 4) is 5.75 Å². The van der Waals surface area contributed by atoms with Gasteiger partial charge in [0.15, 0.2) is 12.4 Å². The quantitative estimate of drug-likeness (QED) is 0.418. The summed E-state index contributed by atoms with van der Waals surface area (Å²) in [6.45, 7) is 4.14. The fourth-order valence-electron chi connectivity index (χ4n) is 2.35. The van der Waals surface area contributed by atoms with Crippen LogP contribution in [0, 0.1) is 10.1 Å². The molecule has 0 unspecified atom stereocenters. The highest BCUT2D eigenvalue weighted by Gasteiger charge is 2.10. The number of hydrogen-bond donors (Lipinski definition) is 1. The van der Waals surface area contributed by atoms with Gasteiger partial charge in [-0.15, -0.1) is 0 Å². The molecule has 2 aromatic rings. The molecule has 8 nitrogen and oxygen atoms in total. The van der Waals surface area contributed by atoms with Gasteiger partial charge in [0.1, 0.15) is 10.7 Å². The average molecular weight is 359 g/mol. The van der Waals surface area contributed by atoms with Crippen molar-refractivity contribution in [2.45, 2.75) is 32.6 Å². The van der Waals surface area contributed by atoms with Crippen LogP contribution in [0.4, 0.5) is 5.88 Å². The Morgan fingerprint density at radius 3 is 2.69 bits per heavy atom. The summed E-state index contributed by atoms with van der Waals surface area (Å²) in [5.74, 6) is 0.403. The third-order valence-electron chi connectivity index (χ3n) is 3.71. The topological polar surface area (TPSA) is 107 Å². The second-order valence-corrected chi connectivity index (χ2v) is 5.77. The van der Waals surface area contributed by atoms with E-state index in [1.165, 1.54) is 23.9 Å². The van der Waals surface area contributed by atoms with Crippen LogP contribution < -0.4 is 10.2 Å². The maximum Gasteiger partial charge on any atom is 0.433 e. The summed E-state index contributed by atoms with van der Waals surface area (Å²) >= 11 is 0. The van der Waals surface area contributed by atoms with Gasteiger partial charge in [0.2, 0.25) is 0 Å². The van der Waals surface area contributed by atoms with E-state index in [4.69, 9.17) is 9.15 Å². The van der Waals surface area contributed by atoms with Crippen LogP contribution in [-0.2, 0) is 4.79 Å². The number of hydrazone groups is 1. The molecule has 1 aromatic carbocycles. The van der Waals surface area contributed by atoms with E-state index in [2.05, 4.69) is 24.4 Å². The number of benzene rings is 1. The Balaban J connectivity index is 1.77. The molecule has 1 aromatic heterocycles. The number of nitro groups is 1. The lowest BCUT2D eigenvalue weighted by molar-refractivity contribution is -0.402. The lowest BCUT2D eigenvalue weighted by Crippen LogP contribution is -2.24. The van der Waals surface area contributed by atoms with E-state index in [1.54, 1.807) is 0 Å². The molecular weight excluding hydrogens is 338 g/mol. The molecule has 0 fully saturated rings. The van der Waals surface area contributed by atoms with Gasteiger partial charge in [0, 0.05) is 0 Å². The standard InChI is InChI=1S/C18H21N3O5/c1-3-4-13(2)14-5-7-15(8-6-14)25-12-17(22)20-19-11-16-9-10-18(26-16)21(23)24/h5-11,13H,3-4,12H2,1-2H3,(H,20,22)/b19-11-/t13-/m0/s1. The zero-order valence-corrected chi connectivity index (χ0v) is 14.7. The van der Waals surface area contributed by atoms with Gasteiger partial charge in [0.25, 0.3) is 5.91 Å². The molecule has 2 rings (SSSR count). The van der Waals surface area contributed by atoms with Gasteiger partial charge in [-0.25, -0.2) is 5.43 Å². The first kappa shape index (κ1) is 19.2. The van der Waals surface area contributed by atoms with Crippen LogP contribution in [0.3, 0.4) is 0 Å². The predicted octanol–water partition coefficient (Wildman–Crippen LogP) is 3.62. The van der Waals surface area contributed by atoms with E-state index in [9.17, 15) is 14.9 Å². The fourth-order valence-corrected chi connectivity index (χ4v) is 2.35. The summed E-state index contributed by atoms with van der Waals surface area (Å²) in [5.41, 5.74) is 3.50. The summed E-state index contributed by atoms with van der Waals surface area (Å²) in [6.07, 6.45) is 3.43. The molecule has 1 atom stereocenters. The number of nitrogens with one attached hydrogen (secondary N) is 1. The summed E-state index contributed by atoms with van der Waals surface area (Å²) < 4.78 is 10.3. The highest BCUT2D eigenvalue weighted by atomic mass is 16.6. The third-order valence-corrected chi connectivity index (χ3v) is 3.71. The Hall–Kier alpha value is -3.16. The molecule has 0 aliphatic heterocycles. The van der Waals surface area contributed by atoms with Crippen LogP contribution in [0.2, 0.25) is 0 Å². The van der Waals surface area contributed by atoms with E-state index in [-0.39, 0.29) is 12.4 Å². The molecule has 0 radical (unpaired) electrons. The molecule has 8 heteroatoms. The van der Waals surface area contributed by atoms with Crippen molar-refractivity contribution in [3.63, 3.8) is 0 Å². The molecule has 138 valence electrons. The monoisotopic (exact) mass is 359 g/mol. The van der Waals surface area contributed by atoms with Crippen molar-refractivity contribution in [2.75, 3.05) is 6.61 Å². The van der Waals surface area contributed by atoms with Gasteiger partial charge < -0.3 is 9.15 Å². The Morgan fingerprint density at radius 1 is 1.35 bits per heavy atom. The highest BCUT2D eigenvalue weighted by molar-refractivity contribution is 5.81. The number of nitrogens with zero attached hydrogens (tertiary/aromatic N) is 2. The Kier molecular flexibility index (Phi) is 6.90. The molecule has 1 amide bonds. The number of hydrogen-bond acceptors (Lipinski definition) is 6. The van der Waals surface area contributed by atoms with Crippen molar-refractivity contribution >= 4 is 18.0 Å². The first-order valence-corrected chi connectivity index (χ1v) is 8.28. The maximum atomic E-state index is 11.7. The van der Waals surface area contributed by atoms with Crippen LogP contribution >= 0.6 is 0 Å². The van der Waals surface area contributed by atoms with Gasteiger partial charge in [-0.2, -0.15) is 5.10 Å². The molecule has 0 spiro atoms. The lowest BCUT2D eigenvalue weighted by atomic mass is 9.97. The van der Waals surface area contributed by atoms with Crippen LogP contribution in [0.5, 0.6) is 5.75 Å². The highest BCUT2D eigenvalue weighted by Crippen LogP contribution is 2.22. The fraction of sp³-hybridized carbons (Fsp3) is 0.333. The Morgan fingerprint density at radius 2 is 2.08 bits per heavy atom. The summed E-state index contributed by atoms with van der Waals surface area (Å²) in [5, 5.41) is 14.2. The average Bonchev–Trinajstić information content (AvgIpc) is 3.10. The molecule has 1 N–H and O–H groups in total. The van der Waals surface area contributed by atoms with Crippen LogP contribution in [0.15, 0.2) is 45.9 Å². The van der Waals surface area contributed by atoms with E-state index < -0.39 is 16.7 Å². The van der Waals surface area contributed by atoms with Gasteiger partial charge in [-0.05, 0) is 36.1 Å². The SMILES string of the molecule is CCC[C@H](C)c1ccc(OCC(=O)N/N=C\c2ccc([N+](=O)[O-])o2)cc1. The minimum absolute atomic E-state index is 0.162. The van der Waals surface area contributed by atoms with Gasteiger partial charge in [-0.1, -0.05) is 32.4 Å². The third kappa shape index (κ3) is 5.73. The van der Waals surface area contributed by atoms with E-state index in [0.29, 0.717) is 11.7 Å². The van der Waals surface area contributed by atoms with Gasteiger partial charge in [-0.3, -0.25) is 14.9 Å². The number of furan rings is 1. The van der Waals surface area contributed by atoms with Crippen LogP contribution in [-0.4, -0.2) is 23.7 Å². The van der Waals surface area contributed by atoms with Crippen LogP contribution in [0.1, 0.15) is 43.9 Å². The second-order valence-electron chi connectivity index (χ2n) is 5.77.